The molecular formula is C19H18F3N3O6. The van der Waals surface area contributed by atoms with E-state index in [2.05, 4.69) is 5.32 Å². The average Bonchev–Trinajstić information content (AvgIpc) is 3.01. The van der Waals surface area contributed by atoms with E-state index in [9.17, 15) is 37.1 Å². The Kier molecular flexibility index (Phi) is 6.00. The van der Waals surface area contributed by atoms with Crippen molar-refractivity contribution in [1.29, 1.82) is 0 Å². The highest BCUT2D eigenvalue weighted by Crippen LogP contribution is 2.37. The molecule has 0 aromatic heterocycles. The molecule has 0 bridgehead atoms. The van der Waals surface area contributed by atoms with Crippen molar-refractivity contribution in [2.24, 2.45) is 0 Å². The van der Waals surface area contributed by atoms with Crippen LogP contribution in [0.3, 0.4) is 0 Å². The van der Waals surface area contributed by atoms with Crippen LogP contribution in [0.4, 0.5) is 24.5 Å². The van der Waals surface area contributed by atoms with Gasteiger partial charge in [0.25, 0.3) is 5.91 Å². The lowest BCUT2D eigenvalue weighted by Gasteiger charge is -2.31. The SMILES string of the molecule is CC(OC(=O)CCN1C(=O)CCC1=O)C(=O)N1CC(=O)Nc2cc(C(F)(F)F)ccc21. The highest BCUT2D eigenvalue weighted by atomic mass is 19.4. The number of nitrogens with one attached hydrogen (secondary N) is 1. The van der Waals surface area contributed by atoms with E-state index >= 15 is 0 Å². The van der Waals surface area contributed by atoms with E-state index in [4.69, 9.17) is 4.74 Å². The number of esters is 1. The van der Waals surface area contributed by atoms with Gasteiger partial charge in [-0.3, -0.25) is 33.8 Å². The Balaban J connectivity index is 1.66. The van der Waals surface area contributed by atoms with Gasteiger partial charge in [0.15, 0.2) is 6.10 Å². The lowest BCUT2D eigenvalue weighted by Crippen LogP contribution is -2.47. The number of likely N-dealkylation sites (tertiary alicyclic amines) is 1. The van der Waals surface area contributed by atoms with Crippen LogP contribution >= 0.6 is 0 Å². The van der Waals surface area contributed by atoms with E-state index < -0.39 is 54.0 Å². The summed E-state index contributed by atoms with van der Waals surface area (Å²) in [5.41, 5.74) is -1.15. The fourth-order valence-corrected chi connectivity index (χ4v) is 3.26. The number of amides is 4. The van der Waals surface area contributed by atoms with Gasteiger partial charge < -0.3 is 10.1 Å². The van der Waals surface area contributed by atoms with Gasteiger partial charge in [-0.1, -0.05) is 0 Å². The molecule has 1 aromatic rings. The Bertz CT molecular complexity index is 946. The Morgan fingerprint density at radius 1 is 1.16 bits per heavy atom. The summed E-state index contributed by atoms with van der Waals surface area (Å²) in [6.45, 7) is 0.616. The summed E-state index contributed by atoms with van der Waals surface area (Å²) in [5, 5.41) is 2.29. The van der Waals surface area contributed by atoms with E-state index in [1.54, 1.807) is 0 Å². The zero-order chi connectivity index (χ0) is 22.9. The number of rotatable bonds is 5. The Hall–Kier alpha value is -3.44. The predicted molar refractivity (Wildman–Crippen MR) is 98.6 cm³/mol. The molecule has 31 heavy (non-hydrogen) atoms. The topological polar surface area (TPSA) is 113 Å². The Morgan fingerprint density at radius 3 is 2.42 bits per heavy atom. The van der Waals surface area contributed by atoms with Crippen molar-refractivity contribution in [3.8, 4) is 0 Å². The molecule has 2 heterocycles. The van der Waals surface area contributed by atoms with Crippen molar-refractivity contribution in [3.63, 3.8) is 0 Å². The third-order valence-electron chi connectivity index (χ3n) is 4.81. The quantitative estimate of drug-likeness (QED) is 0.547. The van der Waals surface area contributed by atoms with E-state index in [-0.39, 0.29) is 37.2 Å². The molecule has 0 aliphatic carbocycles. The van der Waals surface area contributed by atoms with E-state index in [0.717, 1.165) is 21.9 Å². The number of carbonyl (C=O) groups is 5. The number of ether oxygens (including phenoxy) is 1. The first-order valence-corrected chi connectivity index (χ1v) is 9.32. The van der Waals surface area contributed by atoms with Crippen LogP contribution in [0.1, 0.15) is 31.7 Å². The summed E-state index contributed by atoms with van der Waals surface area (Å²) < 4.78 is 43.8. The van der Waals surface area contributed by atoms with E-state index in [0.29, 0.717) is 6.07 Å². The zero-order valence-corrected chi connectivity index (χ0v) is 16.3. The van der Waals surface area contributed by atoms with Crippen molar-refractivity contribution >= 4 is 41.0 Å². The summed E-state index contributed by atoms with van der Waals surface area (Å²) >= 11 is 0. The molecule has 2 aliphatic heterocycles. The summed E-state index contributed by atoms with van der Waals surface area (Å²) in [5.74, 6) is -3.14. The van der Waals surface area contributed by atoms with Crippen LogP contribution in [-0.4, -0.2) is 53.7 Å². The summed E-state index contributed by atoms with van der Waals surface area (Å²) in [6.07, 6.45) is -6.14. The predicted octanol–water partition coefficient (Wildman–Crippen LogP) is 1.46. The van der Waals surface area contributed by atoms with E-state index in [1.807, 2.05) is 0 Å². The van der Waals surface area contributed by atoms with E-state index in [1.165, 1.54) is 6.92 Å². The molecule has 0 radical (unpaired) electrons. The molecule has 1 aromatic carbocycles. The smallest absolute Gasteiger partial charge is 0.416 e. The number of nitrogens with zero attached hydrogens (tertiary/aromatic N) is 2. The molecule has 1 atom stereocenters. The monoisotopic (exact) mass is 441 g/mol. The number of hydrogen-bond acceptors (Lipinski definition) is 6. The van der Waals surface area contributed by atoms with Crippen molar-refractivity contribution in [3.05, 3.63) is 23.8 Å². The molecule has 1 saturated heterocycles. The number of anilines is 2. The number of carbonyl (C=O) groups excluding carboxylic acids is 5. The average molecular weight is 441 g/mol. The molecule has 2 aliphatic rings. The third kappa shape index (κ3) is 4.84. The maximum atomic E-state index is 12.9. The number of benzene rings is 1. The van der Waals surface area contributed by atoms with Gasteiger partial charge in [0.05, 0.1) is 23.4 Å². The normalized spacial score (nSPS) is 17.4. The highest BCUT2D eigenvalue weighted by molar-refractivity contribution is 6.11. The molecule has 0 spiro atoms. The van der Waals surface area contributed by atoms with Crippen LogP contribution < -0.4 is 10.2 Å². The van der Waals surface area contributed by atoms with Crippen LogP contribution in [-0.2, 0) is 34.9 Å². The van der Waals surface area contributed by atoms with Gasteiger partial charge in [-0.25, -0.2) is 0 Å². The van der Waals surface area contributed by atoms with Gasteiger partial charge in [0.2, 0.25) is 17.7 Å². The molecule has 1 fully saturated rings. The zero-order valence-electron chi connectivity index (χ0n) is 16.3. The lowest BCUT2D eigenvalue weighted by atomic mass is 10.1. The van der Waals surface area contributed by atoms with Crippen LogP contribution in [0.25, 0.3) is 0 Å². The first-order valence-electron chi connectivity index (χ1n) is 9.32. The van der Waals surface area contributed by atoms with Crippen LogP contribution in [0.15, 0.2) is 18.2 Å². The van der Waals surface area contributed by atoms with Crippen molar-refractivity contribution in [1.82, 2.24) is 4.90 Å². The van der Waals surface area contributed by atoms with Gasteiger partial charge in [-0.15, -0.1) is 0 Å². The van der Waals surface area contributed by atoms with Crippen molar-refractivity contribution in [2.75, 3.05) is 23.3 Å². The van der Waals surface area contributed by atoms with Gasteiger partial charge in [-0.05, 0) is 25.1 Å². The molecule has 1 unspecified atom stereocenters. The third-order valence-corrected chi connectivity index (χ3v) is 4.81. The lowest BCUT2D eigenvalue weighted by molar-refractivity contribution is -0.154. The standard InChI is InChI=1S/C19H18F3N3O6/c1-10(31-17(29)6-7-24-15(27)4-5-16(24)28)18(30)25-9-14(26)23-12-8-11(19(20,21)22)2-3-13(12)25/h2-3,8,10H,4-7,9H2,1H3,(H,23,26). The second-order valence-electron chi connectivity index (χ2n) is 7.02. The highest BCUT2D eigenvalue weighted by Gasteiger charge is 2.36. The number of imide groups is 1. The van der Waals surface area contributed by atoms with Crippen molar-refractivity contribution in [2.45, 2.75) is 38.5 Å². The number of fused-ring (bicyclic) bond motifs is 1. The molecule has 12 heteroatoms. The minimum absolute atomic E-state index is 0.0359. The second kappa shape index (κ2) is 8.36. The minimum Gasteiger partial charge on any atom is -0.452 e. The second-order valence-corrected chi connectivity index (χ2v) is 7.02. The molecule has 1 N–H and O–H groups in total. The molecule has 3 rings (SSSR count). The summed E-state index contributed by atoms with van der Waals surface area (Å²) in [7, 11) is 0. The van der Waals surface area contributed by atoms with Gasteiger partial charge in [-0.2, -0.15) is 13.2 Å². The number of alkyl halides is 3. The molecular weight excluding hydrogens is 423 g/mol. The largest absolute Gasteiger partial charge is 0.452 e. The minimum atomic E-state index is -4.63. The first kappa shape index (κ1) is 22.2. The molecule has 0 saturated carbocycles. The Morgan fingerprint density at radius 2 is 1.81 bits per heavy atom. The first-order chi connectivity index (χ1) is 14.5. The molecule has 4 amide bonds. The maximum Gasteiger partial charge on any atom is 0.416 e. The van der Waals surface area contributed by atoms with Gasteiger partial charge in [0.1, 0.15) is 6.54 Å². The number of hydrogen-bond donors (Lipinski definition) is 1. The summed E-state index contributed by atoms with van der Waals surface area (Å²) in [6, 6.07) is 2.54. The fourth-order valence-electron chi connectivity index (χ4n) is 3.26. The van der Waals surface area contributed by atoms with Crippen LogP contribution in [0, 0.1) is 0 Å². The fraction of sp³-hybridized carbons (Fsp3) is 0.421. The van der Waals surface area contributed by atoms with Gasteiger partial charge in [0, 0.05) is 19.4 Å². The molecule has 9 nitrogen and oxygen atoms in total. The van der Waals surface area contributed by atoms with Gasteiger partial charge >= 0.3 is 12.1 Å². The molecule has 166 valence electrons. The Labute approximate surface area is 174 Å². The van der Waals surface area contributed by atoms with Crippen molar-refractivity contribution < 1.29 is 41.9 Å². The maximum absolute atomic E-state index is 12.9. The number of halogens is 3. The van der Waals surface area contributed by atoms with Crippen LogP contribution in [0.5, 0.6) is 0 Å². The van der Waals surface area contributed by atoms with Crippen LogP contribution in [0.2, 0.25) is 0 Å². The summed E-state index contributed by atoms with van der Waals surface area (Å²) in [4.78, 5) is 61.6.